The van der Waals surface area contributed by atoms with E-state index >= 15 is 0 Å². The number of hydrogen-bond donors (Lipinski definition) is 1. The molecule has 0 unspecified atom stereocenters. The topological polar surface area (TPSA) is 92.6 Å². The first kappa shape index (κ1) is 27.5. The number of nitrogens with zero attached hydrogens (tertiary/aromatic N) is 3. The highest BCUT2D eigenvalue weighted by Crippen LogP contribution is 2.44. The van der Waals surface area contributed by atoms with Crippen LogP contribution in [0.2, 0.25) is 0 Å². The lowest BCUT2D eigenvalue weighted by molar-refractivity contribution is -0.132. The Morgan fingerprint density at radius 1 is 1.02 bits per heavy atom. The third-order valence-corrected chi connectivity index (χ3v) is 8.46. The van der Waals surface area contributed by atoms with E-state index in [1.165, 1.54) is 40.1 Å². The summed E-state index contributed by atoms with van der Waals surface area (Å²) in [4.78, 5) is 28.0. The van der Waals surface area contributed by atoms with E-state index in [-0.39, 0.29) is 22.3 Å². The Kier molecular flexibility index (Phi) is 8.57. The molecule has 7 nitrogen and oxygen atoms in total. The first-order valence-electron chi connectivity index (χ1n) is 12.8. The van der Waals surface area contributed by atoms with Gasteiger partial charge in [-0.3, -0.25) is 14.5 Å². The van der Waals surface area contributed by atoms with Crippen LogP contribution in [-0.4, -0.2) is 33.6 Å². The van der Waals surface area contributed by atoms with Crippen molar-refractivity contribution in [1.29, 1.82) is 0 Å². The fourth-order valence-corrected chi connectivity index (χ4v) is 6.09. The number of Topliss-reactive ketones (excluding diaryl/α,β-unsaturated/α-hetero) is 1. The molecule has 0 aliphatic carbocycles. The maximum atomic E-state index is 13.4. The van der Waals surface area contributed by atoms with E-state index in [1.807, 2.05) is 18.2 Å². The van der Waals surface area contributed by atoms with Gasteiger partial charge in [-0.15, -0.1) is 10.2 Å². The van der Waals surface area contributed by atoms with Gasteiger partial charge in [-0.1, -0.05) is 78.9 Å². The number of rotatable bonds is 10. The number of anilines is 1. The van der Waals surface area contributed by atoms with Gasteiger partial charge < -0.3 is 9.84 Å². The van der Waals surface area contributed by atoms with Gasteiger partial charge in [-0.2, -0.15) is 0 Å². The van der Waals surface area contributed by atoms with E-state index in [1.54, 1.807) is 48.5 Å². The summed E-state index contributed by atoms with van der Waals surface area (Å²) in [7, 11) is 0. The second-order valence-corrected chi connectivity index (χ2v) is 11.3. The number of ether oxygens (including phenoxy) is 1. The van der Waals surface area contributed by atoms with Crippen molar-refractivity contribution in [1.82, 2.24) is 10.2 Å². The van der Waals surface area contributed by atoms with E-state index < -0.39 is 17.7 Å². The smallest absolute Gasteiger partial charge is 0.301 e. The van der Waals surface area contributed by atoms with Crippen LogP contribution in [0.15, 0.2) is 88.8 Å². The molecule has 1 aromatic heterocycles. The molecule has 0 bridgehead atoms. The van der Waals surface area contributed by atoms with Crippen molar-refractivity contribution in [3.05, 3.63) is 107 Å². The Morgan fingerprint density at radius 3 is 2.45 bits per heavy atom. The van der Waals surface area contributed by atoms with Crippen LogP contribution in [0.5, 0.6) is 5.75 Å². The van der Waals surface area contributed by atoms with Crippen LogP contribution in [0.3, 0.4) is 0 Å². The van der Waals surface area contributed by atoms with Crippen molar-refractivity contribution >= 4 is 45.7 Å². The summed E-state index contributed by atoms with van der Waals surface area (Å²) in [6.45, 7) is 2.67. The standard InChI is InChI=1S/C30H26FN3O4S2/c1-2-3-17-38-23-15-11-21(12-16-23)26(35)24-25(20-7-5-4-6-8-20)34(28(37)27(24)36)29-32-33-30(40-29)39-18-19-9-13-22(31)14-10-19/h4-16,25,35H,2-3,17-18H2,1H3/t25-/m1/s1. The number of aliphatic hydroxyl groups excluding tert-OH is 1. The monoisotopic (exact) mass is 575 g/mol. The van der Waals surface area contributed by atoms with Crippen LogP contribution in [0, 0.1) is 5.82 Å². The Balaban J connectivity index is 1.46. The average Bonchev–Trinajstić information content (AvgIpc) is 3.55. The fourth-order valence-electron chi connectivity index (χ4n) is 4.26. The molecule has 0 spiro atoms. The summed E-state index contributed by atoms with van der Waals surface area (Å²) in [5.74, 6) is -0.977. The molecule has 1 amide bonds. The van der Waals surface area contributed by atoms with E-state index in [4.69, 9.17) is 4.74 Å². The molecular weight excluding hydrogens is 549 g/mol. The predicted molar refractivity (Wildman–Crippen MR) is 154 cm³/mol. The zero-order valence-corrected chi connectivity index (χ0v) is 23.3. The molecule has 1 aliphatic rings. The number of ketones is 1. The van der Waals surface area contributed by atoms with Crippen LogP contribution in [0.25, 0.3) is 5.76 Å². The zero-order valence-electron chi connectivity index (χ0n) is 21.6. The first-order valence-corrected chi connectivity index (χ1v) is 14.6. The minimum Gasteiger partial charge on any atom is -0.507 e. The minimum absolute atomic E-state index is 0.0217. The molecule has 1 N–H and O–H groups in total. The predicted octanol–water partition coefficient (Wildman–Crippen LogP) is 6.77. The lowest BCUT2D eigenvalue weighted by Gasteiger charge is -2.22. The van der Waals surface area contributed by atoms with Crippen molar-refractivity contribution in [2.24, 2.45) is 0 Å². The lowest BCUT2D eigenvalue weighted by atomic mass is 9.95. The SMILES string of the molecule is CCCCOc1ccc(C(O)=C2C(=O)C(=O)N(c3nnc(SCc4ccc(F)cc4)s3)[C@@H]2c2ccccc2)cc1. The van der Waals surface area contributed by atoms with Gasteiger partial charge in [0, 0.05) is 11.3 Å². The third kappa shape index (κ3) is 5.93. The Morgan fingerprint density at radius 2 is 1.75 bits per heavy atom. The summed E-state index contributed by atoms with van der Waals surface area (Å²) >= 11 is 2.57. The van der Waals surface area contributed by atoms with Gasteiger partial charge in [-0.05, 0) is 53.9 Å². The van der Waals surface area contributed by atoms with Crippen LogP contribution in [-0.2, 0) is 15.3 Å². The van der Waals surface area contributed by atoms with Crippen LogP contribution in [0.4, 0.5) is 9.52 Å². The molecule has 1 aliphatic heterocycles. The van der Waals surface area contributed by atoms with Crippen molar-refractivity contribution < 1.29 is 23.8 Å². The summed E-state index contributed by atoms with van der Waals surface area (Å²) in [5, 5.41) is 20.0. The van der Waals surface area contributed by atoms with Crippen molar-refractivity contribution in [2.75, 3.05) is 11.5 Å². The fraction of sp³-hybridized carbons (Fsp3) is 0.200. The molecule has 3 aromatic carbocycles. The van der Waals surface area contributed by atoms with E-state index in [9.17, 15) is 19.1 Å². The van der Waals surface area contributed by atoms with Gasteiger partial charge in [0.1, 0.15) is 17.3 Å². The van der Waals surface area contributed by atoms with Crippen molar-refractivity contribution in [2.45, 2.75) is 35.9 Å². The molecule has 204 valence electrons. The normalized spacial score (nSPS) is 16.4. The zero-order chi connectivity index (χ0) is 28.1. The number of amides is 1. The number of aliphatic hydroxyl groups is 1. The molecule has 10 heteroatoms. The molecule has 2 heterocycles. The highest BCUT2D eigenvalue weighted by Gasteiger charge is 2.48. The third-order valence-electron chi connectivity index (χ3n) is 6.33. The molecule has 1 fully saturated rings. The summed E-state index contributed by atoms with van der Waals surface area (Å²) < 4.78 is 19.5. The van der Waals surface area contributed by atoms with E-state index in [0.29, 0.717) is 33.6 Å². The molecule has 1 atom stereocenters. The summed E-state index contributed by atoms with van der Waals surface area (Å²) in [6, 6.07) is 21.1. The second-order valence-electron chi connectivity index (χ2n) is 9.07. The Bertz CT molecular complexity index is 1520. The quantitative estimate of drug-likeness (QED) is 0.0557. The van der Waals surface area contributed by atoms with Crippen LogP contribution >= 0.6 is 23.1 Å². The van der Waals surface area contributed by atoms with Gasteiger partial charge in [0.15, 0.2) is 4.34 Å². The number of benzene rings is 3. The number of thioether (sulfide) groups is 1. The number of unbranched alkanes of at least 4 members (excludes halogenated alkanes) is 1. The van der Waals surface area contributed by atoms with Crippen LogP contribution in [0.1, 0.15) is 42.5 Å². The number of aromatic nitrogens is 2. The molecule has 0 radical (unpaired) electrons. The molecule has 5 rings (SSSR count). The van der Waals surface area contributed by atoms with Gasteiger partial charge >= 0.3 is 5.91 Å². The number of carbonyl (C=O) groups excluding carboxylic acids is 2. The van der Waals surface area contributed by atoms with E-state index in [2.05, 4.69) is 17.1 Å². The minimum atomic E-state index is -0.885. The highest BCUT2D eigenvalue weighted by molar-refractivity contribution is 8.00. The van der Waals surface area contributed by atoms with Gasteiger partial charge in [-0.25, -0.2) is 4.39 Å². The lowest BCUT2D eigenvalue weighted by Crippen LogP contribution is -2.29. The molecular formula is C30H26FN3O4S2. The number of halogens is 1. The molecule has 0 saturated carbocycles. The first-order chi connectivity index (χ1) is 19.5. The van der Waals surface area contributed by atoms with Gasteiger partial charge in [0.05, 0.1) is 18.2 Å². The van der Waals surface area contributed by atoms with Crippen molar-refractivity contribution in [3.8, 4) is 5.75 Å². The number of carbonyl (C=O) groups is 2. The Hall–Kier alpha value is -4.02. The summed E-state index contributed by atoms with van der Waals surface area (Å²) in [6.07, 6.45) is 1.95. The largest absolute Gasteiger partial charge is 0.507 e. The maximum absolute atomic E-state index is 13.4. The van der Waals surface area contributed by atoms with Crippen molar-refractivity contribution in [3.63, 3.8) is 0 Å². The van der Waals surface area contributed by atoms with Gasteiger partial charge in [0.25, 0.3) is 5.78 Å². The van der Waals surface area contributed by atoms with Gasteiger partial charge in [0.2, 0.25) is 5.13 Å². The number of hydrogen-bond acceptors (Lipinski definition) is 8. The molecule has 1 saturated heterocycles. The summed E-state index contributed by atoms with van der Waals surface area (Å²) in [5.41, 5.74) is 1.94. The molecule has 40 heavy (non-hydrogen) atoms. The maximum Gasteiger partial charge on any atom is 0.301 e. The van der Waals surface area contributed by atoms with Crippen LogP contribution < -0.4 is 9.64 Å². The molecule has 4 aromatic rings. The van der Waals surface area contributed by atoms with E-state index in [0.717, 1.165) is 18.4 Å². The Labute approximate surface area is 239 Å². The average molecular weight is 576 g/mol. The second kappa shape index (κ2) is 12.4. The highest BCUT2D eigenvalue weighted by atomic mass is 32.2.